The van der Waals surface area contributed by atoms with Crippen LogP contribution in [0.4, 0.5) is 0 Å². The Morgan fingerprint density at radius 2 is 1.76 bits per heavy atom. The fourth-order valence-corrected chi connectivity index (χ4v) is 7.20. The molecule has 5 rings (SSSR count). The van der Waals surface area contributed by atoms with Crippen molar-refractivity contribution in [2.75, 3.05) is 14.1 Å². The lowest BCUT2D eigenvalue weighted by molar-refractivity contribution is -0.196. The summed E-state index contributed by atoms with van der Waals surface area (Å²) < 4.78 is 0. The van der Waals surface area contributed by atoms with E-state index < -0.39 is 76.4 Å². The molecule has 4 aliphatic rings. The Morgan fingerprint density at radius 3 is 2.32 bits per heavy atom. The third-order valence-electron chi connectivity index (χ3n) is 8.93. The molecule has 4 aliphatic carbocycles. The van der Waals surface area contributed by atoms with Gasteiger partial charge in [0.25, 0.3) is 0 Å². The van der Waals surface area contributed by atoms with Gasteiger partial charge in [0.2, 0.25) is 5.91 Å². The van der Waals surface area contributed by atoms with Crippen LogP contribution in [0.5, 0.6) is 5.75 Å². The molecular weight excluding hydrogens is 480 g/mol. The highest BCUT2D eigenvalue weighted by Crippen LogP contribution is 2.55. The number of phenols is 1. The predicted octanol–water partition coefficient (Wildman–Crippen LogP) is -0.168. The highest BCUT2D eigenvalue weighted by molar-refractivity contribution is 6.32. The first-order chi connectivity index (χ1) is 17.3. The Morgan fingerprint density at radius 1 is 1.11 bits per heavy atom. The maximum Gasteiger partial charge on any atom is 0.235 e. The molecular formula is C27H30N2O8. The normalized spacial score (nSPS) is 39.0. The van der Waals surface area contributed by atoms with Crippen LogP contribution < -0.4 is 5.73 Å². The van der Waals surface area contributed by atoms with Crippen LogP contribution in [0, 0.1) is 23.7 Å². The molecule has 2 saturated carbocycles. The summed E-state index contributed by atoms with van der Waals surface area (Å²) >= 11 is 0. The molecule has 0 radical (unpaired) electrons. The van der Waals surface area contributed by atoms with Gasteiger partial charge in [0, 0.05) is 17.4 Å². The number of ketones is 4. The minimum absolute atomic E-state index is 0.0657. The van der Waals surface area contributed by atoms with E-state index in [4.69, 9.17) is 5.73 Å². The molecule has 5 N–H and O–H groups in total. The van der Waals surface area contributed by atoms with E-state index in [9.17, 15) is 39.3 Å². The van der Waals surface area contributed by atoms with Crippen LogP contribution in [0.3, 0.4) is 0 Å². The van der Waals surface area contributed by atoms with E-state index in [-0.39, 0.29) is 17.2 Å². The third kappa shape index (κ3) is 3.19. The van der Waals surface area contributed by atoms with Gasteiger partial charge in [0.15, 0.2) is 34.7 Å². The fourth-order valence-electron chi connectivity index (χ4n) is 7.20. The third-order valence-corrected chi connectivity index (χ3v) is 8.93. The van der Waals surface area contributed by atoms with Crippen molar-refractivity contribution in [3.05, 3.63) is 41.0 Å². The molecule has 2 fully saturated rings. The summed E-state index contributed by atoms with van der Waals surface area (Å²) in [5, 5.41) is 34.4. The number of Topliss-reactive ketones (excluding diaryl/α,β-unsaturated/α-hetero) is 4. The summed E-state index contributed by atoms with van der Waals surface area (Å²) in [5.41, 5.74) is 3.24. The Bertz CT molecular complexity index is 1290. The van der Waals surface area contributed by atoms with Crippen LogP contribution in [0.2, 0.25) is 0 Å². The topological polar surface area (TPSA) is 175 Å². The van der Waals surface area contributed by atoms with Gasteiger partial charge in [-0.2, -0.15) is 0 Å². The number of hydrogen-bond acceptors (Lipinski definition) is 9. The zero-order chi connectivity index (χ0) is 27.1. The van der Waals surface area contributed by atoms with Crippen LogP contribution in [0.15, 0.2) is 24.3 Å². The monoisotopic (exact) mass is 510 g/mol. The number of hydrogen-bond donors (Lipinski definition) is 4. The number of aliphatic hydroxyl groups excluding tert-OH is 1. The molecule has 9 atom stereocenters. The summed E-state index contributed by atoms with van der Waals surface area (Å²) in [5.74, 6) is -13.1. The van der Waals surface area contributed by atoms with Gasteiger partial charge >= 0.3 is 0 Å². The molecule has 7 unspecified atom stereocenters. The van der Waals surface area contributed by atoms with Gasteiger partial charge in [-0.25, -0.2) is 0 Å². The number of allylic oxidation sites excluding steroid dienone is 2. The standard InChI is InChI=1S/C27H30N2O8/c1-10-12-8-9-13(11-6-4-5-7-11)20(30)15(12)21(31)16-14(10)22(32)18-19(29(2)3)23(33)17(26(28)36)25(35)27(18,37)24(16)34/h4,6,8-11,14,16-19,22,30,32,37H,5,7H2,1-3H3,(H2,28,36)/t10?,11?,14?,16?,17?,18?,19-,22?,27-/m0/s1. The number of carbonyl (C=O) groups is 5. The minimum Gasteiger partial charge on any atom is -0.507 e. The van der Waals surface area contributed by atoms with E-state index in [1.54, 1.807) is 19.1 Å². The number of primary amides is 1. The lowest BCUT2D eigenvalue weighted by Gasteiger charge is -2.56. The second-order valence-corrected chi connectivity index (χ2v) is 10.9. The molecule has 37 heavy (non-hydrogen) atoms. The largest absolute Gasteiger partial charge is 0.507 e. The molecule has 1 aromatic carbocycles. The van der Waals surface area contributed by atoms with E-state index in [1.807, 2.05) is 12.2 Å². The molecule has 0 bridgehead atoms. The molecule has 0 heterocycles. The summed E-state index contributed by atoms with van der Waals surface area (Å²) in [4.78, 5) is 67.8. The Labute approximate surface area is 213 Å². The van der Waals surface area contributed by atoms with E-state index in [0.29, 0.717) is 11.1 Å². The number of aromatic hydroxyl groups is 1. The van der Waals surface area contributed by atoms with Gasteiger partial charge in [-0.05, 0) is 38.4 Å². The molecule has 196 valence electrons. The quantitative estimate of drug-likeness (QED) is 0.318. The molecule has 10 nitrogen and oxygen atoms in total. The van der Waals surface area contributed by atoms with Crippen molar-refractivity contribution in [3.63, 3.8) is 0 Å². The van der Waals surface area contributed by atoms with Gasteiger partial charge in [-0.15, -0.1) is 0 Å². The van der Waals surface area contributed by atoms with Crippen LogP contribution in [-0.2, 0) is 19.2 Å². The summed E-state index contributed by atoms with van der Waals surface area (Å²) in [6, 6.07) is 2.06. The SMILES string of the molecule is CC1c2ccc(C3C=CCC3)c(O)c2C(=O)C2C(=O)[C@]3(O)C(=O)C(C(N)=O)C(=O)[C@@H](N(C)C)C3C(O)C21. The highest BCUT2D eigenvalue weighted by atomic mass is 16.3. The van der Waals surface area contributed by atoms with Crippen molar-refractivity contribution in [3.8, 4) is 5.75 Å². The zero-order valence-corrected chi connectivity index (χ0v) is 20.7. The van der Waals surface area contributed by atoms with Gasteiger partial charge in [-0.1, -0.05) is 31.2 Å². The Balaban J connectivity index is 1.69. The van der Waals surface area contributed by atoms with E-state index in [1.165, 1.54) is 19.0 Å². The van der Waals surface area contributed by atoms with E-state index in [0.717, 1.165) is 12.8 Å². The first-order valence-corrected chi connectivity index (χ1v) is 12.4. The Hall–Kier alpha value is -3.21. The average molecular weight is 511 g/mol. The Kier molecular flexibility index (Phi) is 5.78. The number of fused-ring (bicyclic) bond motifs is 3. The van der Waals surface area contributed by atoms with Crippen LogP contribution in [-0.4, -0.2) is 81.1 Å². The van der Waals surface area contributed by atoms with Gasteiger partial charge in [0.05, 0.1) is 29.5 Å². The number of phenolic OH excluding ortho intramolecular Hbond substituents is 1. The van der Waals surface area contributed by atoms with E-state index >= 15 is 0 Å². The van der Waals surface area contributed by atoms with Crippen molar-refractivity contribution in [2.45, 2.75) is 49.3 Å². The summed E-state index contributed by atoms with van der Waals surface area (Å²) in [6.45, 7) is 1.70. The molecule has 10 heteroatoms. The van der Waals surface area contributed by atoms with Crippen LogP contribution in [0.25, 0.3) is 0 Å². The van der Waals surface area contributed by atoms with Crippen molar-refractivity contribution < 1.29 is 39.3 Å². The van der Waals surface area contributed by atoms with Crippen molar-refractivity contribution in [1.82, 2.24) is 4.90 Å². The van der Waals surface area contributed by atoms with Gasteiger partial charge in [-0.3, -0.25) is 28.9 Å². The van der Waals surface area contributed by atoms with Crippen molar-refractivity contribution in [1.29, 1.82) is 0 Å². The molecule has 1 amide bonds. The second-order valence-electron chi connectivity index (χ2n) is 10.9. The maximum atomic E-state index is 14.0. The maximum absolute atomic E-state index is 14.0. The zero-order valence-electron chi connectivity index (χ0n) is 20.7. The van der Waals surface area contributed by atoms with E-state index in [2.05, 4.69) is 0 Å². The van der Waals surface area contributed by atoms with Crippen molar-refractivity contribution in [2.24, 2.45) is 29.4 Å². The molecule has 0 aliphatic heterocycles. The van der Waals surface area contributed by atoms with Gasteiger partial charge in [0.1, 0.15) is 5.75 Å². The van der Waals surface area contributed by atoms with Crippen molar-refractivity contribution >= 4 is 29.0 Å². The highest BCUT2D eigenvalue weighted by Gasteiger charge is 2.72. The second kappa shape index (κ2) is 8.41. The number of aliphatic hydroxyl groups is 2. The fraction of sp³-hybridized carbons (Fsp3) is 0.519. The smallest absolute Gasteiger partial charge is 0.235 e. The molecule has 1 aromatic rings. The lowest BCUT2D eigenvalue weighted by Crippen LogP contribution is -2.77. The first-order valence-electron chi connectivity index (χ1n) is 12.4. The molecule has 0 aromatic heterocycles. The predicted molar refractivity (Wildman–Crippen MR) is 129 cm³/mol. The van der Waals surface area contributed by atoms with Gasteiger partial charge < -0.3 is 21.1 Å². The number of amides is 1. The lowest BCUT2D eigenvalue weighted by atomic mass is 9.49. The number of likely N-dealkylation sites (N-methyl/N-ethyl adjacent to an activating group) is 1. The summed E-state index contributed by atoms with van der Waals surface area (Å²) in [6.07, 6.45) is 3.86. The van der Waals surface area contributed by atoms with Crippen LogP contribution in [0.1, 0.15) is 53.1 Å². The summed E-state index contributed by atoms with van der Waals surface area (Å²) in [7, 11) is 2.92. The molecule has 0 saturated heterocycles. The molecule has 0 spiro atoms. The number of benzene rings is 1. The van der Waals surface area contributed by atoms with Crippen LogP contribution >= 0.6 is 0 Å². The number of nitrogens with zero attached hydrogens (tertiary/aromatic N) is 1. The number of rotatable bonds is 3. The minimum atomic E-state index is -2.99. The first kappa shape index (κ1) is 25.4. The number of nitrogens with two attached hydrogens (primary N) is 1. The number of carbonyl (C=O) groups excluding carboxylic acids is 5. The average Bonchev–Trinajstić information content (AvgIpc) is 3.35.